The van der Waals surface area contributed by atoms with Gasteiger partial charge in [0, 0.05) is 36.6 Å². The maximum atomic E-state index is 11.3. The van der Waals surface area contributed by atoms with Gasteiger partial charge in [-0.15, -0.1) is 0 Å². The summed E-state index contributed by atoms with van der Waals surface area (Å²) in [6.45, 7) is 7.38. The third-order valence-electron chi connectivity index (χ3n) is 11.1. The highest BCUT2D eigenvalue weighted by atomic mass is 32.2. The minimum absolute atomic E-state index is 0.327. The predicted octanol–water partition coefficient (Wildman–Crippen LogP) is 9.76. The van der Waals surface area contributed by atoms with E-state index in [2.05, 4.69) is 50.1 Å². The van der Waals surface area contributed by atoms with Crippen LogP contribution in [0.5, 0.6) is 28.7 Å². The summed E-state index contributed by atoms with van der Waals surface area (Å²) in [5.41, 5.74) is 5.91. The lowest BCUT2D eigenvalue weighted by Gasteiger charge is -2.16. The van der Waals surface area contributed by atoms with Gasteiger partial charge in [-0.25, -0.2) is 9.59 Å². The van der Waals surface area contributed by atoms with Gasteiger partial charge in [0.2, 0.25) is 0 Å². The summed E-state index contributed by atoms with van der Waals surface area (Å²) in [6, 6.07) is 19.6. The average Bonchev–Trinajstić information content (AvgIpc) is 4.24. The van der Waals surface area contributed by atoms with Gasteiger partial charge < -0.3 is 62.3 Å². The number of aryl methyl sites for hydroxylation is 1. The van der Waals surface area contributed by atoms with Crippen molar-refractivity contribution in [3.05, 3.63) is 113 Å². The number of hydrogen-bond acceptors (Lipinski definition) is 19. The molecule has 0 unspecified atom stereocenters. The minimum Gasteiger partial charge on any atom is -0.496 e. The van der Waals surface area contributed by atoms with Crippen LogP contribution < -0.4 is 43.8 Å². The summed E-state index contributed by atoms with van der Waals surface area (Å²) in [4.78, 5) is 24.4. The van der Waals surface area contributed by atoms with Crippen LogP contribution >= 0.6 is 23.9 Å². The molecule has 0 radical (unpaired) electrons. The summed E-state index contributed by atoms with van der Waals surface area (Å²) in [6.07, 6.45) is 8.93. The predicted molar refractivity (Wildman–Crippen MR) is 275 cm³/mol. The number of methoxy groups -OCH3 is 4. The Kier molecular flexibility index (Phi) is 17.6. The van der Waals surface area contributed by atoms with Gasteiger partial charge >= 0.3 is 12.2 Å². The van der Waals surface area contributed by atoms with Crippen molar-refractivity contribution >= 4 is 69.7 Å². The van der Waals surface area contributed by atoms with Gasteiger partial charge in [0.15, 0.2) is 22.8 Å². The monoisotopic (exact) mass is 1040 g/mol. The fourth-order valence-electron chi connectivity index (χ4n) is 7.60. The molecule has 4 aromatic heterocycles. The second-order valence-electron chi connectivity index (χ2n) is 16.3. The van der Waals surface area contributed by atoms with E-state index in [-0.39, 0.29) is 0 Å². The number of anilines is 2. The van der Waals surface area contributed by atoms with Crippen molar-refractivity contribution in [1.29, 1.82) is 0 Å². The van der Waals surface area contributed by atoms with E-state index in [0.29, 0.717) is 86.0 Å². The molecule has 23 heteroatoms. The van der Waals surface area contributed by atoms with Crippen molar-refractivity contribution in [2.45, 2.75) is 69.1 Å². The molecule has 0 atom stereocenters. The highest BCUT2D eigenvalue weighted by Crippen LogP contribution is 2.42. The van der Waals surface area contributed by atoms with E-state index >= 15 is 0 Å². The summed E-state index contributed by atoms with van der Waals surface area (Å²) >= 11 is 2.75. The van der Waals surface area contributed by atoms with Crippen molar-refractivity contribution in [2.75, 3.05) is 57.7 Å². The smallest absolute Gasteiger partial charge is 0.407 e. The number of amides is 2. The van der Waals surface area contributed by atoms with Crippen molar-refractivity contribution in [3.63, 3.8) is 0 Å². The molecular weight excluding hydrogens is 981 g/mol. The second-order valence-corrected chi connectivity index (χ2v) is 18.0. The fourth-order valence-corrected chi connectivity index (χ4v) is 9.12. The zero-order chi connectivity index (χ0) is 51.1. The lowest BCUT2D eigenvalue weighted by Crippen LogP contribution is -2.21. The molecule has 4 aromatic carbocycles. The van der Waals surface area contributed by atoms with Gasteiger partial charge in [-0.1, -0.05) is 22.4 Å². The summed E-state index contributed by atoms with van der Waals surface area (Å²) < 4.78 is 59.9. The van der Waals surface area contributed by atoms with E-state index < -0.39 is 12.2 Å². The molecule has 21 nitrogen and oxygen atoms in total. The number of hydrogen-bond donors (Lipinski definition) is 4. The number of fused-ring (bicyclic) bond motifs is 2. The lowest BCUT2D eigenvalue weighted by atomic mass is 10.1. The summed E-state index contributed by atoms with van der Waals surface area (Å²) in [5.74, 6) is 4.71. The number of carbonyl (C=O) groups excluding carboxylic acids is 2. The Hall–Kier alpha value is -7.92. The highest BCUT2D eigenvalue weighted by Gasteiger charge is 2.21. The Morgan fingerprint density at radius 2 is 1.37 bits per heavy atom. The van der Waals surface area contributed by atoms with Gasteiger partial charge in [-0.05, 0) is 122 Å². The number of nitrogens with one attached hydrogen (secondary N) is 4. The van der Waals surface area contributed by atoms with E-state index in [1.807, 2.05) is 86.9 Å². The maximum Gasteiger partial charge on any atom is 0.407 e. The van der Waals surface area contributed by atoms with Gasteiger partial charge in [0.05, 0.1) is 78.6 Å². The third-order valence-corrected chi connectivity index (χ3v) is 12.9. The molecular formula is C50H56N10O11S2. The van der Waals surface area contributed by atoms with Crippen LogP contribution in [0, 0.1) is 6.92 Å². The second kappa shape index (κ2) is 25.0. The van der Waals surface area contributed by atoms with E-state index in [0.717, 1.165) is 79.1 Å². The lowest BCUT2D eigenvalue weighted by molar-refractivity contribution is 0.169. The maximum absolute atomic E-state index is 11.3. The van der Waals surface area contributed by atoms with Crippen LogP contribution in [0.1, 0.15) is 54.0 Å². The first-order valence-electron chi connectivity index (χ1n) is 23.2. The van der Waals surface area contributed by atoms with Crippen molar-refractivity contribution in [2.24, 2.45) is 0 Å². The van der Waals surface area contributed by atoms with E-state index in [1.165, 1.54) is 38.1 Å². The van der Waals surface area contributed by atoms with Gasteiger partial charge in [0.25, 0.3) is 0 Å². The van der Waals surface area contributed by atoms with Gasteiger partial charge in [-0.3, -0.25) is 9.36 Å². The number of rotatable bonds is 15. The average molecular weight is 1040 g/mol. The normalized spacial score (nSPS) is 12.4. The summed E-state index contributed by atoms with van der Waals surface area (Å²) in [5, 5.41) is 24.1. The molecule has 0 bridgehead atoms. The zero-order valence-corrected chi connectivity index (χ0v) is 42.8. The van der Waals surface area contributed by atoms with Crippen molar-refractivity contribution in [1.82, 2.24) is 40.5 Å². The number of aromatic nitrogens is 6. The third kappa shape index (κ3) is 13.3. The number of alkyl carbamates (subject to hydrolysis) is 2. The SMILES string of the molecule is CCOc1cc(C)ccc1SNc1noc2cc(Cn3cc(CNC(=O)OC)cn3)cc(OC)c12.COC(=O)NCc1cnn(Cc2cc3c4c(noc4c2)NSc2c(OC)cccc2OCCCCCO3)c1. The molecule has 8 aromatic rings. The highest BCUT2D eigenvalue weighted by molar-refractivity contribution is 8.01. The van der Waals surface area contributed by atoms with Crippen LogP contribution in [0.2, 0.25) is 0 Å². The number of ether oxygens (including phenoxy) is 7. The summed E-state index contributed by atoms with van der Waals surface area (Å²) in [7, 11) is 5.90. The Morgan fingerprint density at radius 3 is 2.03 bits per heavy atom. The molecule has 0 spiro atoms. The van der Waals surface area contributed by atoms with Crippen LogP contribution in [-0.4, -0.2) is 90.3 Å². The van der Waals surface area contributed by atoms with Crippen LogP contribution in [0.15, 0.2) is 104 Å². The molecule has 1 aliphatic rings. The molecule has 0 saturated carbocycles. The molecule has 0 aliphatic carbocycles. The van der Waals surface area contributed by atoms with Crippen molar-refractivity contribution in [3.8, 4) is 28.7 Å². The van der Waals surface area contributed by atoms with Crippen LogP contribution in [-0.2, 0) is 35.7 Å². The van der Waals surface area contributed by atoms with E-state index in [4.69, 9.17) is 32.7 Å². The molecule has 4 N–H and O–H groups in total. The first kappa shape index (κ1) is 51.4. The molecule has 384 valence electrons. The van der Waals surface area contributed by atoms with Crippen molar-refractivity contribution < 1.29 is 51.8 Å². The number of nitrogens with zero attached hydrogens (tertiary/aromatic N) is 6. The topological polar surface area (TPSA) is 235 Å². The van der Waals surface area contributed by atoms with Gasteiger partial charge in [-0.2, -0.15) is 10.2 Å². The molecule has 2 amide bonds. The number of carbonyl (C=O) groups is 2. The Bertz CT molecular complexity index is 3140. The first-order chi connectivity index (χ1) is 35.6. The molecule has 1 aliphatic heterocycles. The fraction of sp³-hybridized carbons (Fsp3) is 0.320. The largest absolute Gasteiger partial charge is 0.496 e. The number of benzene rings is 4. The van der Waals surface area contributed by atoms with E-state index in [9.17, 15) is 9.59 Å². The Labute approximate surface area is 429 Å². The minimum atomic E-state index is -0.489. The van der Waals surface area contributed by atoms with Gasteiger partial charge in [0.1, 0.15) is 44.4 Å². The molecule has 73 heavy (non-hydrogen) atoms. The van der Waals surface area contributed by atoms with Crippen LogP contribution in [0.3, 0.4) is 0 Å². The molecule has 5 heterocycles. The Morgan fingerprint density at radius 1 is 0.726 bits per heavy atom. The Balaban J connectivity index is 0.000000196. The quantitative estimate of drug-likeness (QED) is 0.0699. The molecule has 0 fully saturated rings. The molecule has 9 rings (SSSR count). The van der Waals surface area contributed by atoms with Crippen LogP contribution in [0.4, 0.5) is 21.2 Å². The zero-order valence-electron chi connectivity index (χ0n) is 41.1. The molecule has 0 saturated heterocycles. The first-order valence-corrected chi connectivity index (χ1v) is 24.8. The standard InChI is InChI=1S/C26H29N5O6S.C24H27N5O5S/c1-33-19-7-6-8-20-24(19)38-30-25-23-21(36-10-5-3-4-9-35-20)11-17(12-22(23)37-29-25)15-31-16-18(14-28-31)13-27-26(32)34-2;1-5-33-18-8-15(2)6-7-21(18)35-28-23-22-19(31-3)9-16(10-20(22)34-27-23)13-29-14-17(12-26-29)11-25-24(30)32-4/h6-8,11-12,14,16H,3-5,9-10,13,15H2,1-2H3,(H,27,32)(H,29,30);6-10,12,14H,5,11,13H2,1-4H3,(H,25,30)(H,27,28). The van der Waals surface area contributed by atoms with Crippen LogP contribution in [0.25, 0.3) is 21.9 Å². The van der Waals surface area contributed by atoms with E-state index in [1.54, 1.807) is 36.0 Å².